The van der Waals surface area contributed by atoms with Crippen LogP contribution in [-0.4, -0.2) is 14.4 Å². The van der Waals surface area contributed by atoms with Crippen molar-refractivity contribution in [3.63, 3.8) is 0 Å². The lowest BCUT2D eigenvalue weighted by Gasteiger charge is -2.24. The molecular formula is C23H21N3O2. The van der Waals surface area contributed by atoms with E-state index in [0.717, 1.165) is 27.7 Å². The molecule has 5 rings (SSSR count). The van der Waals surface area contributed by atoms with Gasteiger partial charge in [0.25, 0.3) is 5.56 Å². The second-order valence-electron chi connectivity index (χ2n) is 8.27. The van der Waals surface area contributed by atoms with Crippen molar-refractivity contribution in [1.82, 2.24) is 14.4 Å². The number of hydrogen-bond donors (Lipinski definition) is 0. The molecule has 4 aromatic rings. The van der Waals surface area contributed by atoms with Crippen LogP contribution < -0.4 is 5.56 Å². The SMILES string of the molecule is CC1(C)OC(C)(C)c2c1c(=O)nc1c3cccnc3c(-c3ccccc3)cn21. The maximum absolute atomic E-state index is 13.0. The Morgan fingerprint density at radius 2 is 1.71 bits per heavy atom. The van der Waals surface area contributed by atoms with Gasteiger partial charge in [-0.2, -0.15) is 4.98 Å². The van der Waals surface area contributed by atoms with E-state index in [9.17, 15) is 4.79 Å². The van der Waals surface area contributed by atoms with Gasteiger partial charge in [0, 0.05) is 23.3 Å². The van der Waals surface area contributed by atoms with Crippen LogP contribution in [0.3, 0.4) is 0 Å². The molecule has 1 aliphatic rings. The molecule has 1 aromatic carbocycles. The minimum Gasteiger partial charge on any atom is -0.358 e. The molecule has 0 atom stereocenters. The van der Waals surface area contributed by atoms with Gasteiger partial charge in [0.05, 0.1) is 22.4 Å². The maximum atomic E-state index is 13.0. The van der Waals surface area contributed by atoms with Gasteiger partial charge in [-0.15, -0.1) is 0 Å². The summed E-state index contributed by atoms with van der Waals surface area (Å²) in [4.78, 5) is 22.1. The highest BCUT2D eigenvalue weighted by atomic mass is 16.5. The molecule has 4 heterocycles. The summed E-state index contributed by atoms with van der Waals surface area (Å²) in [6.07, 6.45) is 3.81. The molecule has 0 radical (unpaired) electrons. The summed E-state index contributed by atoms with van der Waals surface area (Å²) in [7, 11) is 0. The Labute approximate surface area is 162 Å². The van der Waals surface area contributed by atoms with Gasteiger partial charge >= 0.3 is 0 Å². The van der Waals surface area contributed by atoms with Crippen molar-refractivity contribution < 1.29 is 4.74 Å². The highest BCUT2D eigenvalue weighted by molar-refractivity contribution is 6.00. The van der Waals surface area contributed by atoms with Gasteiger partial charge in [-0.3, -0.25) is 9.78 Å². The number of fused-ring (bicyclic) bond motifs is 5. The number of hydrogen-bond acceptors (Lipinski definition) is 4. The third-order valence-electron chi connectivity index (χ3n) is 5.46. The molecular weight excluding hydrogens is 350 g/mol. The summed E-state index contributed by atoms with van der Waals surface area (Å²) in [6.45, 7) is 7.86. The Bertz CT molecular complexity index is 1300. The predicted molar refractivity (Wildman–Crippen MR) is 109 cm³/mol. The first-order chi connectivity index (χ1) is 13.3. The standard InChI is InChI=1S/C23H21N3O2/c1-22(2)17-19(23(3,4)28-22)26-13-16(14-9-6-5-7-10-14)18-15(11-8-12-24-18)20(26)25-21(17)27/h5-13H,1-4H3. The smallest absolute Gasteiger partial charge is 0.279 e. The summed E-state index contributed by atoms with van der Waals surface area (Å²) in [6, 6.07) is 14.0. The van der Waals surface area contributed by atoms with Crippen LogP contribution in [0.4, 0.5) is 0 Å². The lowest BCUT2D eigenvalue weighted by atomic mass is 9.95. The number of pyridine rings is 2. The van der Waals surface area contributed by atoms with Gasteiger partial charge in [-0.25, -0.2) is 0 Å². The highest BCUT2D eigenvalue weighted by Crippen LogP contribution is 2.45. The highest BCUT2D eigenvalue weighted by Gasteiger charge is 2.47. The third kappa shape index (κ3) is 2.26. The molecule has 0 aliphatic carbocycles. The van der Waals surface area contributed by atoms with Gasteiger partial charge in [-0.1, -0.05) is 30.3 Å². The van der Waals surface area contributed by atoms with Gasteiger partial charge in [0.2, 0.25) is 0 Å². The third-order valence-corrected chi connectivity index (χ3v) is 5.46. The van der Waals surface area contributed by atoms with Gasteiger partial charge < -0.3 is 9.14 Å². The lowest BCUT2D eigenvalue weighted by molar-refractivity contribution is -0.106. The van der Waals surface area contributed by atoms with Crippen LogP contribution in [0.25, 0.3) is 27.7 Å². The van der Waals surface area contributed by atoms with Crippen molar-refractivity contribution in [1.29, 1.82) is 0 Å². The van der Waals surface area contributed by atoms with Crippen molar-refractivity contribution in [2.24, 2.45) is 0 Å². The average Bonchev–Trinajstić information content (AvgIpc) is 2.87. The molecule has 0 saturated heterocycles. The summed E-state index contributed by atoms with van der Waals surface area (Å²) < 4.78 is 8.30. The van der Waals surface area contributed by atoms with Crippen molar-refractivity contribution in [3.05, 3.63) is 76.5 Å². The van der Waals surface area contributed by atoms with E-state index in [2.05, 4.69) is 22.1 Å². The number of aromatic nitrogens is 3. The minimum atomic E-state index is -0.694. The summed E-state index contributed by atoms with van der Waals surface area (Å²) in [5.41, 5.74) is 3.44. The molecule has 1 aliphatic heterocycles. The fraction of sp³-hybridized carbons (Fsp3) is 0.261. The van der Waals surface area contributed by atoms with Crippen molar-refractivity contribution in [2.75, 3.05) is 0 Å². The summed E-state index contributed by atoms with van der Waals surface area (Å²) in [5, 5.41) is 0.851. The summed E-state index contributed by atoms with van der Waals surface area (Å²) >= 11 is 0. The fourth-order valence-electron chi connectivity index (χ4n) is 4.54. The van der Waals surface area contributed by atoms with E-state index in [1.807, 2.05) is 68.6 Å². The summed E-state index contributed by atoms with van der Waals surface area (Å²) in [5.74, 6) is 0. The first-order valence-electron chi connectivity index (χ1n) is 9.40. The molecule has 28 heavy (non-hydrogen) atoms. The predicted octanol–water partition coefficient (Wildman–Crippen LogP) is 4.41. The van der Waals surface area contributed by atoms with E-state index in [0.29, 0.717) is 11.2 Å². The Morgan fingerprint density at radius 3 is 2.46 bits per heavy atom. The molecule has 0 spiro atoms. The van der Waals surface area contributed by atoms with Crippen LogP contribution in [0, 0.1) is 0 Å². The monoisotopic (exact) mass is 371 g/mol. The van der Waals surface area contributed by atoms with Crippen molar-refractivity contribution in [2.45, 2.75) is 38.9 Å². The van der Waals surface area contributed by atoms with E-state index in [-0.39, 0.29) is 5.56 Å². The Balaban J connectivity index is 2.03. The Kier molecular flexibility index (Phi) is 3.35. The molecule has 0 N–H and O–H groups in total. The molecule has 0 fully saturated rings. The second-order valence-corrected chi connectivity index (χ2v) is 8.27. The first-order valence-corrected chi connectivity index (χ1v) is 9.40. The van der Waals surface area contributed by atoms with E-state index < -0.39 is 11.2 Å². The lowest BCUT2D eigenvalue weighted by Crippen LogP contribution is -2.27. The zero-order valence-corrected chi connectivity index (χ0v) is 16.4. The molecule has 0 bridgehead atoms. The molecule has 0 saturated carbocycles. The van der Waals surface area contributed by atoms with Gasteiger partial charge in [0.1, 0.15) is 5.60 Å². The second kappa shape index (κ2) is 5.49. The van der Waals surface area contributed by atoms with Crippen LogP contribution >= 0.6 is 0 Å². The van der Waals surface area contributed by atoms with Crippen molar-refractivity contribution in [3.8, 4) is 11.1 Å². The van der Waals surface area contributed by atoms with E-state index in [1.165, 1.54) is 0 Å². The number of benzene rings is 1. The Hall–Kier alpha value is -3.05. The zero-order chi connectivity index (χ0) is 19.7. The quantitative estimate of drug-likeness (QED) is 0.465. The minimum absolute atomic E-state index is 0.233. The van der Waals surface area contributed by atoms with Crippen LogP contribution in [0.1, 0.15) is 39.0 Å². The fourth-order valence-corrected chi connectivity index (χ4v) is 4.54. The van der Waals surface area contributed by atoms with E-state index in [4.69, 9.17) is 4.74 Å². The molecule has 3 aromatic heterocycles. The normalized spacial score (nSPS) is 17.1. The molecule has 5 nitrogen and oxygen atoms in total. The molecule has 0 unspecified atom stereocenters. The Morgan fingerprint density at radius 1 is 0.964 bits per heavy atom. The molecule has 5 heteroatoms. The van der Waals surface area contributed by atoms with Gasteiger partial charge in [-0.05, 0) is 45.4 Å². The topological polar surface area (TPSA) is 56.5 Å². The number of nitrogens with zero attached hydrogens (tertiary/aromatic N) is 3. The van der Waals surface area contributed by atoms with Crippen molar-refractivity contribution >= 4 is 16.6 Å². The first kappa shape index (κ1) is 17.1. The number of ether oxygens (including phenoxy) is 1. The van der Waals surface area contributed by atoms with Gasteiger partial charge in [0.15, 0.2) is 5.65 Å². The average molecular weight is 371 g/mol. The van der Waals surface area contributed by atoms with E-state index >= 15 is 0 Å². The largest absolute Gasteiger partial charge is 0.358 e. The van der Waals surface area contributed by atoms with Crippen LogP contribution in [0.5, 0.6) is 0 Å². The number of rotatable bonds is 1. The van der Waals surface area contributed by atoms with Crippen LogP contribution in [-0.2, 0) is 15.9 Å². The zero-order valence-electron chi connectivity index (χ0n) is 16.4. The van der Waals surface area contributed by atoms with E-state index in [1.54, 1.807) is 6.20 Å². The maximum Gasteiger partial charge on any atom is 0.279 e. The molecule has 0 amide bonds. The molecule has 140 valence electrons. The van der Waals surface area contributed by atoms with Crippen LogP contribution in [0.15, 0.2) is 59.7 Å². The van der Waals surface area contributed by atoms with Crippen LogP contribution in [0.2, 0.25) is 0 Å².